The summed E-state index contributed by atoms with van der Waals surface area (Å²) in [6.45, 7) is 5.71. The van der Waals surface area contributed by atoms with Gasteiger partial charge in [-0.05, 0) is 37.7 Å². The number of nitrogens with one attached hydrogen (secondary N) is 1. The van der Waals surface area contributed by atoms with Gasteiger partial charge in [-0.3, -0.25) is 0 Å². The summed E-state index contributed by atoms with van der Waals surface area (Å²) in [4.78, 5) is 4.69. The van der Waals surface area contributed by atoms with Crippen molar-refractivity contribution >= 4 is 21.6 Å². The molecular formula is C15H24ClN3O2S. The number of benzene rings is 1. The Kier molecular flexibility index (Phi) is 6.65. The molecule has 1 fully saturated rings. The molecular weight excluding hydrogens is 322 g/mol. The standard InChI is InChI=1S/C15H24ClN3O2S/c1-18-8-10-19(11-9-18)7-3-6-17-22(20,21)13-14-4-2-5-15(16)12-14/h2,4-5,12,17H,3,6-11,13H2,1H3. The van der Waals surface area contributed by atoms with E-state index in [1.54, 1.807) is 24.3 Å². The van der Waals surface area contributed by atoms with Crippen molar-refractivity contribution in [2.75, 3.05) is 46.3 Å². The second kappa shape index (κ2) is 8.26. The van der Waals surface area contributed by atoms with Crippen LogP contribution in [0.3, 0.4) is 0 Å². The molecule has 0 bridgehead atoms. The van der Waals surface area contributed by atoms with E-state index in [0.29, 0.717) is 17.1 Å². The Morgan fingerprint density at radius 2 is 1.95 bits per heavy atom. The number of hydrogen-bond acceptors (Lipinski definition) is 4. The molecule has 0 unspecified atom stereocenters. The van der Waals surface area contributed by atoms with Crippen LogP contribution >= 0.6 is 11.6 Å². The molecule has 0 amide bonds. The third-order valence-electron chi connectivity index (χ3n) is 3.81. The lowest BCUT2D eigenvalue weighted by atomic mass is 10.2. The van der Waals surface area contributed by atoms with E-state index >= 15 is 0 Å². The zero-order chi connectivity index (χ0) is 16.0. The average Bonchev–Trinajstić information content (AvgIpc) is 2.45. The van der Waals surface area contributed by atoms with Crippen molar-refractivity contribution in [3.63, 3.8) is 0 Å². The summed E-state index contributed by atoms with van der Waals surface area (Å²) in [5.74, 6) is -0.0257. The molecule has 2 rings (SSSR count). The average molecular weight is 346 g/mol. The molecule has 1 aromatic rings. The number of hydrogen-bond donors (Lipinski definition) is 1. The van der Waals surface area contributed by atoms with E-state index in [9.17, 15) is 8.42 Å². The van der Waals surface area contributed by atoms with E-state index in [1.165, 1.54) is 0 Å². The van der Waals surface area contributed by atoms with Crippen LogP contribution in [0.1, 0.15) is 12.0 Å². The molecule has 124 valence electrons. The van der Waals surface area contributed by atoms with Crippen LogP contribution in [-0.2, 0) is 15.8 Å². The maximum absolute atomic E-state index is 12.0. The van der Waals surface area contributed by atoms with Gasteiger partial charge >= 0.3 is 0 Å². The van der Waals surface area contributed by atoms with Gasteiger partial charge in [-0.25, -0.2) is 13.1 Å². The Morgan fingerprint density at radius 1 is 1.23 bits per heavy atom. The third kappa shape index (κ3) is 6.22. The van der Waals surface area contributed by atoms with Gasteiger partial charge in [0.1, 0.15) is 0 Å². The Bertz CT molecular complexity index is 572. The van der Waals surface area contributed by atoms with Gasteiger partial charge in [0.15, 0.2) is 0 Å². The fourth-order valence-electron chi connectivity index (χ4n) is 2.50. The minimum Gasteiger partial charge on any atom is -0.304 e. The number of nitrogens with zero attached hydrogens (tertiary/aromatic N) is 2. The molecule has 1 aromatic carbocycles. The van der Waals surface area contributed by atoms with Crippen molar-refractivity contribution in [1.82, 2.24) is 14.5 Å². The first-order chi connectivity index (χ1) is 10.4. The molecule has 0 spiro atoms. The monoisotopic (exact) mass is 345 g/mol. The first-order valence-electron chi connectivity index (χ1n) is 7.57. The summed E-state index contributed by atoms with van der Waals surface area (Å²) >= 11 is 5.87. The van der Waals surface area contributed by atoms with Gasteiger partial charge < -0.3 is 9.80 Å². The quantitative estimate of drug-likeness (QED) is 0.759. The van der Waals surface area contributed by atoms with Crippen molar-refractivity contribution in [2.45, 2.75) is 12.2 Å². The second-order valence-electron chi connectivity index (χ2n) is 5.78. The van der Waals surface area contributed by atoms with E-state index in [-0.39, 0.29) is 5.75 Å². The van der Waals surface area contributed by atoms with Crippen LogP contribution in [0.4, 0.5) is 0 Å². The van der Waals surface area contributed by atoms with Crippen molar-refractivity contribution in [1.29, 1.82) is 0 Å². The molecule has 1 aliphatic heterocycles. The lowest BCUT2D eigenvalue weighted by molar-refractivity contribution is 0.153. The van der Waals surface area contributed by atoms with Crippen molar-refractivity contribution < 1.29 is 8.42 Å². The highest BCUT2D eigenvalue weighted by Gasteiger charge is 2.14. The van der Waals surface area contributed by atoms with E-state index in [2.05, 4.69) is 21.6 Å². The van der Waals surface area contributed by atoms with Gasteiger partial charge in [-0.1, -0.05) is 23.7 Å². The molecule has 0 radical (unpaired) electrons. The molecule has 22 heavy (non-hydrogen) atoms. The van der Waals surface area contributed by atoms with Crippen molar-refractivity contribution in [3.8, 4) is 0 Å². The van der Waals surface area contributed by atoms with Crippen LogP contribution in [0.25, 0.3) is 0 Å². The molecule has 1 N–H and O–H groups in total. The minimum atomic E-state index is -3.30. The predicted molar refractivity (Wildman–Crippen MR) is 90.6 cm³/mol. The van der Waals surface area contributed by atoms with Gasteiger partial charge in [0.25, 0.3) is 0 Å². The molecule has 1 aliphatic rings. The Labute approximate surface area is 138 Å². The lowest BCUT2D eigenvalue weighted by Gasteiger charge is -2.32. The largest absolute Gasteiger partial charge is 0.304 e. The summed E-state index contributed by atoms with van der Waals surface area (Å²) in [6.07, 6.45) is 0.832. The summed E-state index contributed by atoms with van der Waals surface area (Å²) in [7, 11) is -1.17. The molecule has 0 aliphatic carbocycles. The molecule has 0 atom stereocenters. The normalized spacial score (nSPS) is 17.7. The van der Waals surface area contributed by atoms with Crippen LogP contribution in [-0.4, -0.2) is 64.5 Å². The van der Waals surface area contributed by atoms with E-state index in [0.717, 1.165) is 39.1 Å². The summed E-state index contributed by atoms with van der Waals surface area (Å²) in [6, 6.07) is 6.96. The minimum absolute atomic E-state index is 0.0257. The van der Waals surface area contributed by atoms with E-state index < -0.39 is 10.0 Å². The fraction of sp³-hybridized carbons (Fsp3) is 0.600. The molecule has 5 nitrogen and oxygen atoms in total. The van der Waals surface area contributed by atoms with Crippen LogP contribution < -0.4 is 4.72 Å². The van der Waals surface area contributed by atoms with Gasteiger partial charge in [0, 0.05) is 37.7 Å². The number of halogens is 1. The first-order valence-corrected chi connectivity index (χ1v) is 9.60. The van der Waals surface area contributed by atoms with Gasteiger partial charge in [-0.15, -0.1) is 0 Å². The summed E-state index contributed by atoms with van der Waals surface area (Å²) in [5.41, 5.74) is 0.707. The van der Waals surface area contributed by atoms with Gasteiger partial charge in [0.2, 0.25) is 10.0 Å². The van der Waals surface area contributed by atoms with Crippen molar-refractivity contribution in [3.05, 3.63) is 34.9 Å². The zero-order valence-electron chi connectivity index (χ0n) is 13.0. The molecule has 0 aromatic heterocycles. The number of sulfonamides is 1. The number of likely N-dealkylation sites (N-methyl/N-ethyl adjacent to an activating group) is 1. The molecule has 1 heterocycles. The number of piperazine rings is 1. The molecule has 1 saturated heterocycles. The highest BCUT2D eigenvalue weighted by atomic mass is 35.5. The first kappa shape index (κ1) is 17.7. The fourth-order valence-corrected chi connectivity index (χ4v) is 3.89. The Morgan fingerprint density at radius 3 is 2.64 bits per heavy atom. The predicted octanol–water partition coefficient (Wildman–Crippen LogP) is 1.40. The van der Waals surface area contributed by atoms with Crippen LogP contribution in [0, 0.1) is 0 Å². The smallest absolute Gasteiger partial charge is 0.215 e. The summed E-state index contributed by atoms with van der Waals surface area (Å²) in [5, 5.41) is 0.558. The zero-order valence-corrected chi connectivity index (χ0v) is 14.5. The highest BCUT2D eigenvalue weighted by Crippen LogP contribution is 2.12. The van der Waals surface area contributed by atoms with Gasteiger partial charge in [0.05, 0.1) is 5.75 Å². The van der Waals surface area contributed by atoms with Crippen molar-refractivity contribution in [2.24, 2.45) is 0 Å². The highest BCUT2D eigenvalue weighted by molar-refractivity contribution is 7.88. The van der Waals surface area contributed by atoms with Crippen LogP contribution in [0.2, 0.25) is 5.02 Å². The topological polar surface area (TPSA) is 52.6 Å². The van der Waals surface area contributed by atoms with Crippen LogP contribution in [0.5, 0.6) is 0 Å². The van der Waals surface area contributed by atoms with Crippen LogP contribution in [0.15, 0.2) is 24.3 Å². The SMILES string of the molecule is CN1CCN(CCCNS(=O)(=O)Cc2cccc(Cl)c2)CC1. The second-order valence-corrected chi connectivity index (χ2v) is 8.03. The third-order valence-corrected chi connectivity index (χ3v) is 5.41. The number of rotatable bonds is 7. The van der Waals surface area contributed by atoms with E-state index in [1.807, 2.05) is 0 Å². The maximum atomic E-state index is 12.0. The maximum Gasteiger partial charge on any atom is 0.215 e. The summed E-state index contributed by atoms with van der Waals surface area (Å²) < 4.78 is 26.7. The van der Waals surface area contributed by atoms with E-state index in [4.69, 9.17) is 11.6 Å². The Balaban J connectivity index is 1.69. The van der Waals surface area contributed by atoms with Gasteiger partial charge in [-0.2, -0.15) is 0 Å². The molecule has 7 heteroatoms. The lowest BCUT2D eigenvalue weighted by Crippen LogP contribution is -2.45. The Hall–Kier alpha value is -0.660. The molecule has 0 saturated carbocycles.